The predicted molar refractivity (Wildman–Crippen MR) is 130 cm³/mol. The first-order valence-corrected chi connectivity index (χ1v) is 13.0. The number of esters is 2. The summed E-state index contributed by atoms with van der Waals surface area (Å²) in [5.41, 5.74) is -2.53. The van der Waals surface area contributed by atoms with E-state index in [0.717, 1.165) is 5.56 Å². The maximum atomic E-state index is 13.1. The molecule has 1 heterocycles. The second kappa shape index (κ2) is 8.17. The number of aliphatic hydroxyl groups excluding tert-OH is 1. The zero-order valence-corrected chi connectivity index (χ0v) is 21.2. The summed E-state index contributed by atoms with van der Waals surface area (Å²) in [4.78, 5) is 26.0. The highest BCUT2D eigenvalue weighted by Crippen LogP contribution is 2.71. The molecule has 6 heteroatoms. The Bertz CT molecular complexity index is 1030. The normalized spacial score (nSPS) is 43.5. The van der Waals surface area contributed by atoms with Crippen LogP contribution in [0.3, 0.4) is 0 Å². The molecule has 0 aromatic heterocycles. The van der Waals surface area contributed by atoms with Gasteiger partial charge in [0, 0.05) is 17.8 Å². The van der Waals surface area contributed by atoms with Crippen LogP contribution in [0.2, 0.25) is 0 Å². The molecule has 0 unspecified atom stereocenters. The van der Waals surface area contributed by atoms with Crippen LogP contribution in [0.5, 0.6) is 0 Å². The average Bonchev–Trinajstić information content (AvgIpc) is 3.32. The van der Waals surface area contributed by atoms with Gasteiger partial charge in [-0.15, -0.1) is 0 Å². The molecule has 1 aromatic carbocycles. The Balaban J connectivity index is 1.48. The fourth-order valence-corrected chi connectivity index (χ4v) is 8.36. The molecule has 190 valence electrons. The molecule has 3 fully saturated rings. The average molecular weight is 483 g/mol. The second-order valence-corrected chi connectivity index (χ2v) is 12.1. The fraction of sp³-hybridized carbons (Fsp3) is 0.655. The van der Waals surface area contributed by atoms with Gasteiger partial charge in [0.25, 0.3) is 0 Å². The van der Waals surface area contributed by atoms with Crippen molar-refractivity contribution in [2.24, 2.45) is 34.0 Å². The second-order valence-electron chi connectivity index (χ2n) is 12.1. The summed E-state index contributed by atoms with van der Waals surface area (Å²) in [5.74, 6) is -1.26. The molecule has 1 aliphatic heterocycles. The number of fused-ring (bicyclic) bond motifs is 3. The summed E-state index contributed by atoms with van der Waals surface area (Å²) >= 11 is 0. The highest BCUT2D eigenvalue weighted by molar-refractivity contribution is 5.84. The Hall–Kier alpha value is -2.18. The zero-order chi connectivity index (χ0) is 25.2. The predicted octanol–water partition coefficient (Wildman–Crippen LogP) is 4.18. The van der Waals surface area contributed by atoms with E-state index in [1.54, 1.807) is 6.08 Å². The number of aliphatic hydroxyl groups is 2. The first kappa shape index (κ1) is 24.5. The third-order valence-corrected chi connectivity index (χ3v) is 10.5. The summed E-state index contributed by atoms with van der Waals surface area (Å²) in [5, 5.41) is 24.2. The Morgan fingerprint density at radius 3 is 2.51 bits per heavy atom. The van der Waals surface area contributed by atoms with Crippen LogP contribution in [-0.2, 0) is 25.5 Å². The van der Waals surface area contributed by atoms with E-state index in [-0.39, 0.29) is 24.2 Å². The van der Waals surface area contributed by atoms with Crippen LogP contribution in [0.25, 0.3) is 0 Å². The monoisotopic (exact) mass is 482 g/mol. The number of rotatable bonds is 4. The van der Waals surface area contributed by atoms with Gasteiger partial charge in [0.1, 0.15) is 11.5 Å². The van der Waals surface area contributed by atoms with Crippen molar-refractivity contribution in [3.8, 4) is 0 Å². The molecule has 1 spiro atoms. The lowest BCUT2D eigenvalue weighted by atomic mass is 9.42. The van der Waals surface area contributed by atoms with Crippen LogP contribution in [0.15, 0.2) is 42.7 Å². The van der Waals surface area contributed by atoms with E-state index in [1.165, 1.54) is 6.26 Å². The van der Waals surface area contributed by atoms with E-state index in [0.29, 0.717) is 32.1 Å². The number of cyclic esters (lactones) is 1. The van der Waals surface area contributed by atoms with Crippen LogP contribution in [0, 0.1) is 34.0 Å². The lowest BCUT2D eigenvalue weighted by Crippen LogP contribution is -2.71. The maximum absolute atomic E-state index is 13.1. The van der Waals surface area contributed by atoms with Gasteiger partial charge in [-0.1, -0.05) is 58.0 Å². The van der Waals surface area contributed by atoms with Gasteiger partial charge < -0.3 is 19.7 Å². The first-order chi connectivity index (χ1) is 16.5. The SMILES string of the molecule is C[C@@H]1[C@@H]2CC[C@@]3(O)C(C)(C)CC[C@H](OC(=O)CCc4ccccc4)[C@]3(C)[C@H]2[C@H](O)[C@@]12C=COC2=O. The lowest BCUT2D eigenvalue weighted by Gasteiger charge is -2.66. The summed E-state index contributed by atoms with van der Waals surface area (Å²) in [6.45, 7) is 8.14. The Labute approximate surface area is 207 Å². The molecular weight excluding hydrogens is 444 g/mol. The number of ether oxygens (including phenoxy) is 2. The van der Waals surface area contributed by atoms with Crippen molar-refractivity contribution in [1.29, 1.82) is 0 Å². The zero-order valence-electron chi connectivity index (χ0n) is 21.2. The largest absolute Gasteiger partial charge is 0.462 e. The highest BCUT2D eigenvalue weighted by atomic mass is 16.5. The van der Waals surface area contributed by atoms with Crippen LogP contribution in [0.4, 0.5) is 0 Å². The molecule has 8 atom stereocenters. The standard InChI is InChI=1S/C29H38O6/c1-18-20-12-15-29(33)26(2,3)14-13-21(35-22(30)11-10-19-8-6-5-7-9-19)27(29,4)23(20)24(31)28(18)16-17-34-25(28)32/h5-9,16-18,20-21,23-24,31,33H,10-15H2,1-4H3/t18-,20+,21+,23-,24+,27-,28-,29-/m1/s1. The molecule has 3 aliphatic carbocycles. The Morgan fingerprint density at radius 1 is 1.14 bits per heavy atom. The Kier molecular flexibility index (Phi) is 5.72. The molecule has 0 amide bonds. The number of carbonyl (C=O) groups is 2. The van der Waals surface area contributed by atoms with E-state index in [2.05, 4.69) is 13.8 Å². The van der Waals surface area contributed by atoms with Gasteiger partial charge in [-0.05, 0) is 61.0 Å². The fourth-order valence-electron chi connectivity index (χ4n) is 8.36. The molecule has 0 radical (unpaired) electrons. The number of benzene rings is 1. The van der Waals surface area contributed by atoms with Gasteiger partial charge >= 0.3 is 11.9 Å². The van der Waals surface area contributed by atoms with Gasteiger partial charge in [-0.3, -0.25) is 9.59 Å². The minimum Gasteiger partial charge on any atom is -0.462 e. The van der Waals surface area contributed by atoms with E-state index in [1.807, 2.05) is 44.2 Å². The summed E-state index contributed by atoms with van der Waals surface area (Å²) < 4.78 is 11.4. The molecule has 3 saturated carbocycles. The molecule has 0 bridgehead atoms. The number of aryl methyl sites for hydroxylation is 1. The van der Waals surface area contributed by atoms with Crippen molar-refractivity contribution >= 4 is 11.9 Å². The van der Waals surface area contributed by atoms with Gasteiger partial charge in [0.05, 0.1) is 18.0 Å². The maximum Gasteiger partial charge on any atom is 0.323 e. The van der Waals surface area contributed by atoms with E-state index in [4.69, 9.17) is 9.47 Å². The number of hydrogen-bond donors (Lipinski definition) is 2. The molecule has 2 N–H and O–H groups in total. The van der Waals surface area contributed by atoms with Gasteiger partial charge in [0.2, 0.25) is 0 Å². The quantitative estimate of drug-likeness (QED) is 0.626. The molecule has 0 saturated heterocycles. The molecule has 35 heavy (non-hydrogen) atoms. The van der Waals surface area contributed by atoms with Crippen LogP contribution in [0.1, 0.15) is 65.4 Å². The van der Waals surface area contributed by atoms with Gasteiger partial charge in [0.15, 0.2) is 0 Å². The Morgan fingerprint density at radius 2 is 1.86 bits per heavy atom. The van der Waals surface area contributed by atoms with Crippen molar-refractivity contribution in [2.45, 2.75) is 84.0 Å². The highest BCUT2D eigenvalue weighted by Gasteiger charge is 2.76. The smallest absolute Gasteiger partial charge is 0.323 e. The van der Waals surface area contributed by atoms with Gasteiger partial charge in [-0.2, -0.15) is 0 Å². The minimum atomic E-state index is -1.15. The third kappa shape index (κ3) is 3.21. The van der Waals surface area contributed by atoms with Crippen molar-refractivity contribution in [2.75, 3.05) is 0 Å². The van der Waals surface area contributed by atoms with Crippen molar-refractivity contribution < 1.29 is 29.3 Å². The first-order valence-electron chi connectivity index (χ1n) is 13.0. The lowest BCUT2D eigenvalue weighted by molar-refractivity contribution is -0.284. The summed E-state index contributed by atoms with van der Waals surface area (Å²) in [6, 6.07) is 9.84. The van der Waals surface area contributed by atoms with Crippen LogP contribution < -0.4 is 0 Å². The van der Waals surface area contributed by atoms with E-state index in [9.17, 15) is 19.8 Å². The van der Waals surface area contributed by atoms with Crippen molar-refractivity contribution in [1.82, 2.24) is 0 Å². The molecular formula is C29H38O6. The minimum absolute atomic E-state index is 0.00463. The summed E-state index contributed by atoms with van der Waals surface area (Å²) in [7, 11) is 0. The topological polar surface area (TPSA) is 93.1 Å². The molecule has 1 aromatic rings. The van der Waals surface area contributed by atoms with Crippen LogP contribution >= 0.6 is 0 Å². The molecule has 4 aliphatic rings. The van der Waals surface area contributed by atoms with Crippen LogP contribution in [-0.4, -0.2) is 40.0 Å². The number of hydrogen-bond acceptors (Lipinski definition) is 6. The van der Waals surface area contributed by atoms with Gasteiger partial charge in [-0.25, -0.2) is 0 Å². The van der Waals surface area contributed by atoms with Crippen molar-refractivity contribution in [3.63, 3.8) is 0 Å². The summed E-state index contributed by atoms with van der Waals surface area (Å²) in [6.07, 6.45) is 4.94. The number of carbonyl (C=O) groups excluding carboxylic acids is 2. The van der Waals surface area contributed by atoms with E-state index < -0.39 is 45.9 Å². The van der Waals surface area contributed by atoms with Crippen molar-refractivity contribution in [3.05, 3.63) is 48.2 Å². The molecule has 6 nitrogen and oxygen atoms in total. The van der Waals surface area contributed by atoms with E-state index >= 15 is 0 Å². The third-order valence-electron chi connectivity index (χ3n) is 10.5. The molecule has 5 rings (SSSR count).